The van der Waals surface area contributed by atoms with Gasteiger partial charge in [-0.3, -0.25) is 0 Å². The van der Waals surface area contributed by atoms with Crippen molar-refractivity contribution in [3.63, 3.8) is 0 Å². The van der Waals surface area contributed by atoms with E-state index in [1.807, 2.05) is 0 Å². The van der Waals surface area contributed by atoms with Crippen LogP contribution in [0, 0.1) is 0 Å². The van der Waals surface area contributed by atoms with Crippen molar-refractivity contribution in [2.24, 2.45) is 5.73 Å². The Morgan fingerprint density at radius 3 is 2.50 bits per heavy atom. The molecule has 0 aromatic rings. The van der Waals surface area contributed by atoms with E-state index in [-0.39, 0.29) is 12.5 Å². The van der Waals surface area contributed by atoms with Gasteiger partial charge in [0.25, 0.3) is 0 Å². The zero-order chi connectivity index (χ0) is 9.14. The highest BCUT2D eigenvalue weighted by Gasteiger charge is 2.29. The largest absolute Gasteiger partial charge is 0.446 e. The Labute approximate surface area is 70.1 Å². The fourth-order valence-corrected chi connectivity index (χ4v) is 1.36. The first-order valence-electron chi connectivity index (χ1n) is 3.92. The molecule has 1 aliphatic carbocycles. The summed E-state index contributed by atoms with van der Waals surface area (Å²) in [5.74, 6) is 0. The highest BCUT2D eigenvalue weighted by Crippen LogP contribution is 2.21. The van der Waals surface area contributed by atoms with Crippen molar-refractivity contribution in [1.29, 1.82) is 0 Å². The molecule has 0 radical (unpaired) electrons. The second-order valence-electron chi connectivity index (χ2n) is 3.01. The number of nitrogens with two attached hydrogens (primary N) is 1. The van der Waals surface area contributed by atoms with Gasteiger partial charge in [0, 0.05) is 6.42 Å². The van der Waals surface area contributed by atoms with Gasteiger partial charge >= 0.3 is 6.09 Å². The third-order valence-electron chi connectivity index (χ3n) is 2.02. The van der Waals surface area contributed by atoms with E-state index in [1.165, 1.54) is 0 Å². The molecule has 5 nitrogen and oxygen atoms in total. The van der Waals surface area contributed by atoms with Crippen molar-refractivity contribution < 1.29 is 19.7 Å². The molecule has 4 N–H and O–H groups in total. The monoisotopic (exact) mass is 175 g/mol. The van der Waals surface area contributed by atoms with E-state index in [2.05, 4.69) is 4.74 Å². The number of carbonyl (C=O) groups is 1. The predicted molar refractivity (Wildman–Crippen MR) is 40.3 cm³/mol. The van der Waals surface area contributed by atoms with Crippen LogP contribution in [0.15, 0.2) is 0 Å². The Morgan fingerprint density at radius 1 is 1.33 bits per heavy atom. The number of hydrogen-bond acceptors (Lipinski definition) is 4. The van der Waals surface area contributed by atoms with E-state index in [1.54, 1.807) is 0 Å². The van der Waals surface area contributed by atoms with Crippen LogP contribution in [-0.4, -0.2) is 34.6 Å². The number of aliphatic hydroxyl groups excluding tert-OH is 2. The first-order valence-corrected chi connectivity index (χ1v) is 3.92. The molecule has 12 heavy (non-hydrogen) atoms. The van der Waals surface area contributed by atoms with Gasteiger partial charge in [0.1, 0.15) is 6.10 Å². The van der Waals surface area contributed by atoms with Crippen LogP contribution >= 0.6 is 0 Å². The van der Waals surface area contributed by atoms with Gasteiger partial charge in [-0.15, -0.1) is 0 Å². The average Bonchev–Trinajstić information content (AvgIpc) is 1.96. The van der Waals surface area contributed by atoms with Crippen LogP contribution in [0.3, 0.4) is 0 Å². The molecular formula is C7H13NO4. The molecular weight excluding hydrogens is 162 g/mol. The summed E-state index contributed by atoms with van der Waals surface area (Å²) in [6, 6.07) is 0. The number of aliphatic hydroxyl groups is 2. The van der Waals surface area contributed by atoms with Crippen molar-refractivity contribution in [1.82, 2.24) is 0 Å². The fraction of sp³-hybridized carbons (Fsp3) is 0.857. The molecule has 3 atom stereocenters. The topological polar surface area (TPSA) is 92.8 Å². The van der Waals surface area contributed by atoms with E-state index >= 15 is 0 Å². The fourth-order valence-electron chi connectivity index (χ4n) is 1.36. The minimum atomic E-state index is -0.830. The summed E-state index contributed by atoms with van der Waals surface area (Å²) < 4.78 is 4.68. The molecule has 1 rings (SSSR count). The molecule has 3 unspecified atom stereocenters. The van der Waals surface area contributed by atoms with Gasteiger partial charge in [0.15, 0.2) is 0 Å². The van der Waals surface area contributed by atoms with Crippen LogP contribution < -0.4 is 5.73 Å². The maximum Gasteiger partial charge on any atom is 0.404 e. The van der Waals surface area contributed by atoms with Crippen LogP contribution in [0.5, 0.6) is 0 Å². The second kappa shape index (κ2) is 3.73. The normalized spacial score (nSPS) is 36.0. The molecule has 1 saturated carbocycles. The molecule has 0 bridgehead atoms. The molecule has 0 saturated heterocycles. The second-order valence-corrected chi connectivity index (χ2v) is 3.01. The summed E-state index contributed by atoms with van der Waals surface area (Å²) in [4.78, 5) is 10.3. The highest BCUT2D eigenvalue weighted by atomic mass is 16.6. The third kappa shape index (κ3) is 2.35. The summed E-state index contributed by atoms with van der Waals surface area (Å²) in [6.45, 7) is 0. The molecule has 5 heteroatoms. The van der Waals surface area contributed by atoms with Crippen LogP contribution in [-0.2, 0) is 4.74 Å². The average molecular weight is 175 g/mol. The summed E-state index contributed by atoms with van der Waals surface area (Å²) in [6.07, 6.45) is -1.41. The molecule has 1 fully saturated rings. The van der Waals surface area contributed by atoms with Crippen LogP contribution in [0.2, 0.25) is 0 Å². The van der Waals surface area contributed by atoms with Crippen molar-refractivity contribution >= 4 is 6.09 Å². The van der Waals surface area contributed by atoms with Gasteiger partial charge in [0.2, 0.25) is 0 Å². The van der Waals surface area contributed by atoms with Gasteiger partial charge in [-0.05, 0) is 12.8 Å². The maximum absolute atomic E-state index is 10.3. The Kier molecular flexibility index (Phi) is 2.88. The molecule has 0 heterocycles. The standard InChI is InChI=1S/C7H13NO4/c8-7(11)12-4-1-2-5(9)6(10)3-4/h4-6,9-10H,1-3H2,(H2,8,11). The quantitative estimate of drug-likeness (QED) is 0.494. The van der Waals surface area contributed by atoms with Crippen LogP contribution in [0.4, 0.5) is 4.79 Å². The summed E-state index contributed by atoms with van der Waals surface area (Å²) in [5, 5.41) is 18.3. The number of rotatable bonds is 1. The summed E-state index contributed by atoms with van der Waals surface area (Å²) >= 11 is 0. The SMILES string of the molecule is NC(=O)OC1CCC(O)C(O)C1. The Hall–Kier alpha value is -0.810. The van der Waals surface area contributed by atoms with Crippen LogP contribution in [0.1, 0.15) is 19.3 Å². The zero-order valence-electron chi connectivity index (χ0n) is 6.64. The molecule has 70 valence electrons. The number of hydrogen-bond donors (Lipinski definition) is 3. The zero-order valence-corrected chi connectivity index (χ0v) is 6.64. The van der Waals surface area contributed by atoms with Crippen molar-refractivity contribution in [2.75, 3.05) is 0 Å². The summed E-state index contributed by atoms with van der Waals surface area (Å²) in [7, 11) is 0. The minimum Gasteiger partial charge on any atom is -0.446 e. The van der Waals surface area contributed by atoms with E-state index in [9.17, 15) is 9.90 Å². The van der Waals surface area contributed by atoms with Crippen molar-refractivity contribution in [3.8, 4) is 0 Å². The lowest BCUT2D eigenvalue weighted by atomic mass is 9.92. The lowest BCUT2D eigenvalue weighted by Crippen LogP contribution is -2.38. The smallest absolute Gasteiger partial charge is 0.404 e. The number of primary amides is 1. The molecule has 0 aromatic carbocycles. The van der Waals surface area contributed by atoms with Gasteiger partial charge in [0.05, 0.1) is 12.2 Å². The first-order chi connectivity index (χ1) is 5.59. The maximum atomic E-state index is 10.3. The molecule has 1 aliphatic rings. The molecule has 0 spiro atoms. The third-order valence-corrected chi connectivity index (χ3v) is 2.02. The lowest BCUT2D eigenvalue weighted by Gasteiger charge is -2.28. The first kappa shape index (κ1) is 9.28. The summed E-state index contributed by atoms with van der Waals surface area (Å²) in [5.41, 5.74) is 4.80. The lowest BCUT2D eigenvalue weighted by molar-refractivity contribution is -0.0520. The molecule has 1 amide bonds. The number of ether oxygens (including phenoxy) is 1. The Morgan fingerprint density at radius 2 is 2.00 bits per heavy atom. The number of carbonyl (C=O) groups excluding carboxylic acids is 1. The van der Waals surface area contributed by atoms with Gasteiger partial charge < -0.3 is 20.7 Å². The highest BCUT2D eigenvalue weighted by molar-refractivity contribution is 5.64. The van der Waals surface area contributed by atoms with Gasteiger partial charge in [-0.25, -0.2) is 4.79 Å². The predicted octanol–water partition coefficient (Wildman–Crippen LogP) is -0.644. The Balaban J connectivity index is 2.35. The van der Waals surface area contributed by atoms with Crippen molar-refractivity contribution in [3.05, 3.63) is 0 Å². The minimum absolute atomic E-state index is 0.268. The number of amides is 1. The molecule has 0 aliphatic heterocycles. The Bertz CT molecular complexity index is 173. The van der Waals surface area contributed by atoms with E-state index in [4.69, 9.17) is 10.8 Å². The van der Waals surface area contributed by atoms with E-state index in [0.29, 0.717) is 12.8 Å². The van der Waals surface area contributed by atoms with E-state index < -0.39 is 18.3 Å². The van der Waals surface area contributed by atoms with E-state index in [0.717, 1.165) is 0 Å². The van der Waals surface area contributed by atoms with Gasteiger partial charge in [-0.1, -0.05) is 0 Å². The van der Waals surface area contributed by atoms with Crippen LogP contribution in [0.25, 0.3) is 0 Å². The van der Waals surface area contributed by atoms with Crippen molar-refractivity contribution in [2.45, 2.75) is 37.6 Å². The van der Waals surface area contributed by atoms with Gasteiger partial charge in [-0.2, -0.15) is 0 Å². The molecule has 0 aromatic heterocycles.